The van der Waals surface area contributed by atoms with Crippen LogP contribution in [0.2, 0.25) is 0 Å². The van der Waals surface area contributed by atoms with E-state index in [1.54, 1.807) is 0 Å². The Morgan fingerprint density at radius 1 is 1.43 bits per heavy atom. The summed E-state index contributed by atoms with van der Waals surface area (Å²) in [7, 11) is 0. The minimum atomic E-state index is -4.65. The Morgan fingerprint density at radius 3 is 2.70 bits per heavy atom. The van der Waals surface area contributed by atoms with Crippen LogP contribution in [0.5, 0.6) is 0 Å². The van der Waals surface area contributed by atoms with Crippen LogP contribution >= 0.6 is 0 Å². The summed E-state index contributed by atoms with van der Waals surface area (Å²) in [5.41, 5.74) is -2.70. The zero-order valence-electron chi connectivity index (χ0n) is 11.8. The van der Waals surface area contributed by atoms with Gasteiger partial charge in [-0.3, -0.25) is 4.79 Å². The third-order valence-corrected chi connectivity index (χ3v) is 3.95. The smallest absolute Gasteiger partial charge is 0.311 e. The van der Waals surface area contributed by atoms with Crippen molar-refractivity contribution >= 4 is 17.7 Å². The molecule has 23 heavy (non-hydrogen) atoms. The predicted molar refractivity (Wildman–Crippen MR) is 69.5 cm³/mol. The van der Waals surface area contributed by atoms with Gasteiger partial charge in [-0.05, 0) is 6.92 Å². The molecular formula is C13H11F5N4O. The molecule has 0 saturated carbocycles. The second kappa shape index (κ2) is 4.87. The second-order valence-corrected chi connectivity index (χ2v) is 5.56. The number of hydrogen-bond donors (Lipinski definition) is 0. The number of amides is 1. The molecule has 0 aliphatic carbocycles. The Hall–Kier alpha value is -2.26. The molecule has 0 bridgehead atoms. The van der Waals surface area contributed by atoms with E-state index in [1.165, 1.54) is 6.07 Å². The van der Waals surface area contributed by atoms with Crippen molar-refractivity contribution in [3.8, 4) is 0 Å². The van der Waals surface area contributed by atoms with Gasteiger partial charge in [0, 0.05) is 12.6 Å². The number of carbonyl (C=O) groups excluding carboxylic acids is 1. The van der Waals surface area contributed by atoms with Crippen molar-refractivity contribution in [3.05, 3.63) is 23.7 Å². The number of halogens is 5. The van der Waals surface area contributed by atoms with E-state index in [1.807, 2.05) is 0 Å². The number of hydrogen-bond acceptors (Lipinski definition) is 3. The van der Waals surface area contributed by atoms with E-state index < -0.39 is 31.0 Å². The first-order valence-corrected chi connectivity index (χ1v) is 6.62. The fourth-order valence-corrected chi connectivity index (χ4v) is 2.78. The molecule has 3 rings (SSSR count). The van der Waals surface area contributed by atoms with E-state index in [-0.39, 0.29) is 29.1 Å². The summed E-state index contributed by atoms with van der Waals surface area (Å²) in [6.07, 6.45) is -6.59. The van der Waals surface area contributed by atoms with Crippen molar-refractivity contribution in [1.82, 2.24) is 14.6 Å². The lowest BCUT2D eigenvalue weighted by Crippen LogP contribution is -2.44. The van der Waals surface area contributed by atoms with Crippen LogP contribution in [0.3, 0.4) is 0 Å². The van der Waals surface area contributed by atoms with Gasteiger partial charge in [-0.1, -0.05) is 0 Å². The number of carbonyl (C=O) groups is 1. The van der Waals surface area contributed by atoms with E-state index in [4.69, 9.17) is 0 Å². The molecule has 5 nitrogen and oxygen atoms in total. The summed E-state index contributed by atoms with van der Waals surface area (Å²) in [4.78, 5) is 15.9. The quantitative estimate of drug-likeness (QED) is 0.639. The fraction of sp³-hybridized carbons (Fsp3) is 0.462. The lowest BCUT2D eigenvalue weighted by Gasteiger charge is -2.27. The summed E-state index contributed by atoms with van der Waals surface area (Å²) >= 11 is 0. The molecule has 3 heterocycles. The van der Waals surface area contributed by atoms with Gasteiger partial charge >= 0.3 is 6.18 Å². The van der Waals surface area contributed by atoms with Crippen LogP contribution in [0.4, 0.5) is 27.6 Å². The molecule has 0 spiro atoms. The normalized spacial score (nSPS) is 21.3. The lowest BCUT2D eigenvalue weighted by molar-refractivity contribution is -0.181. The van der Waals surface area contributed by atoms with Crippen LogP contribution in [-0.4, -0.2) is 40.2 Å². The van der Waals surface area contributed by atoms with Crippen LogP contribution in [-0.2, 0) is 16.6 Å². The van der Waals surface area contributed by atoms with E-state index in [0.29, 0.717) is 0 Å². The van der Waals surface area contributed by atoms with Crippen LogP contribution in [0, 0.1) is 0 Å². The largest absolute Gasteiger partial charge is 0.401 e. The Morgan fingerprint density at radius 2 is 2.13 bits per heavy atom. The highest BCUT2D eigenvalue weighted by Crippen LogP contribution is 2.49. The number of anilines is 1. The summed E-state index contributed by atoms with van der Waals surface area (Å²) < 4.78 is 66.5. The van der Waals surface area contributed by atoms with Gasteiger partial charge in [0.15, 0.2) is 5.65 Å². The zero-order chi connectivity index (χ0) is 17.0. The first-order chi connectivity index (χ1) is 10.7. The molecule has 1 aliphatic rings. The van der Waals surface area contributed by atoms with E-state index in [2.05, 4.69) is 10.1 Å². The first kappa shape index (κ1) is 15.6. The van der Waals surface area contributed by atoms with Crippen molar-refractivity contribution in [1.29, 1.82) is 0 Å². The molecule has 2 aromatic rings. The van der Waals surface area contributed by atoms with Crippen LogP contribution in [0.25, 0.3) is 5.65 Å². The Balaban J connectivity index is 2.26. The van der Waals surface area contributed by atoms with Crippen LogP contribution in [0.1, 0.15) is 18.3 Å². The molecule has 0 radical (unpaired) electrons. The van der Waals surface area contributed by atoms with E-state index >= 15 is 0 Å². The highest BCUT2D eigenvalue weighted by Gasteiger charge is 2.59. The Bertz CT molecular complexity index is 772. The average molecular weight is 334 g/mol. The predicted octanol–water partition coefficient (Wildman–Crippen LogP) is 2.33. The molecule has 0 unspecified atom stereocenters. The molecular weight excluding hydrogens is 323 g/mol. The van der Waals surface area contributed by atoms with Gasteiger partial charge in [-0.15, -0.1) is 0 Å². The second-order valence-electron chi connectivity index (χ2n) is 5.56. The molecule has 1 amide bonds. The average Bonchev–Trinajstić information content (AvgIpc) is 2.95. The summed E-state index contributed by atoms with van der Waals surface area (Å²) in [5, 5.41) is 3.83. The van der Waals surface area contributed by atoms with Gasteiger partial charge in [0.2, 0.25) is 12.8 Å². The number of rotatable bonds is 3. The Labute approximate surface area is 126 Å². The SMILES string of the molecule is C[C@@]1(C(F)(F)F)CN(C=O)c2cnc3cc(CC(F)F)nn3c21. The van der Waals surface area contributed by atoms with Crippen molar-refractivity contribution in [2.75, 3.05) is 11.4 Å². The molecule has 0 saturated heterocycles. The molecule has 1 aliphatic heterocycles. The lowest BCUT2D eigenvalue weighted by atomic mass is 9.88. The van der Waals surface area contributed by atoms with Gasteiger partial charge in [0.25, 0.3) is 0 Å². The molecule has 2 aromatic heterocycles. The third kappa shape index (κ3) is 2.23. The first-order valence-electron chi connectivity index (χ1n) is 6.62. The summed E-state index contributed by atoms with van der Waals surface area (Å²) in [6.45, 7) is 0.337. The minimum Gasteiger partial charge on any atom is -0.311 e. The van der Waals surface area contributed by atoms with Crippen LogP contribution in [0.15, 0.2) is 12.3 Å². The molecule has 124 valence electrons. The van der Waals surface area contributed by atoms with Gasteiger partial charge in [-0.2, -0.15) is 18.3 Å². The van der Waals surface area contributed by atoms with Gasteiger partial charge in [0.1, 0.15) is 5.41 Å². The molecule has 0 fully saturated rings. The molecule has 0 N–H and O–H groups in total. The molecule has 1 atom stereocenters. The van der Waals surface area contributed by atoms with Crippen molar-refractivity contribution in [2.24, 2.45) is 0 Å². The topological polar surface area (TPSA) is 50.5 Å². The maximum atomic E-state index is 13.6. The summed E-state index contributed by atoms with van der Waals surface area (Å²) in [6, 6.07) is 1.22. The monoisotopic (exact) mass is 334 g/mol. The maximum Gasteiger partial charge on any atom is 0.401 e. The number of alkyl halides is 5. The fourth-order valence-electron chi connectivity index (χ4n) is 2.78. The van der Waals surface area contributed by atoms with Gasteiger partial charge in [0.05, 0.1) is 29.7 Å². The van der Waals surface area contributed by atoms with Crippen molar-refractivity contribution < 1.29 is 26.7 Å². The molecule has 0 aromatic carbocycles. The van der Waals surface area contributed by atoms with Gasteiger partial charge < -0.3 is 4.90 Å². The van der Waals surface area contributed by atoms with E-state index in [9.17, 15) is 26.7 Å². The Kier molecular flexibility index (Phi) is 3.31. The number of aromatic nitrogens is 3. The van der Waals surface area contributed by atoms with Crippen LogP contribution < -0.4 is 4.90 Å². The maximum absolute atomic E-state index is 13.6. The van der Waals surface area contributed by atoms with Gasteiger partial charge in [-0.25, -0.2) is 18.3 Å². The zero-order valence-corrected chi connectivity index (χ0v) is 11.8. The minimum absolute atomic E-state index is 0.0287. The summed E-state index contributed by atoms with van der Waals surface area (Å²) in [5.74, 6) is 0. The number of nitrogens with zero attached hydrogens (tertiary/aromatic N) is 4. The van der Waals surface area contributed by atoms with Crippen molar-refractivity contribution in [2.45, 2.75) is 31.4 Å². The highest BCUT2D eigenvalue weighted by atomic mass is 19.4. The van der Waals surface area contributed by atoms with E-state index in [0.717, 1.165) is 22.5 Å². The number of fused-ring (bicyclic) bond motifs is 3. The highest BCUT2D eigenvalue weighted by molar-refractivity contribution is 5.81. The standard InChI is InChI=1S/C13H11F5N4O/c1-12(13(16,17)18)5-21(6-23)8-4-19-10-3-7(2-9(14)15)20-22(10)11(8)12/h3-4,6,9H,2,5H2,1H3/t12-/m1/s1. The molecule has 10 heteroatoms. The van der Waals surface area contributed by atoms with Crippen molar-refractivity contribution in [3.63, 3.8) is 0 Å². The third-order valence-electron chi connectivity index (χ3n) is 3.95.